The molecule has 3 rings (SSSR count). The molecule has 0 radical (unpaired) electrons. The summed E-state index contributed by atoms with van der Waals surface area (Å²) in [6.07, 6.45) is 3.29. The van der Waals surface area contributed by atoms with Crippen LogP contribution in [0.1, 0.15) is 37.5 Å². The van der Waals surface area contributed by atoms with Gasteiger partial charge in [-0.25, -0.2) is 4.79 Å². The number of esters is 1. The van der Waals surface area contributed by atoms with Crippen LogP contribution in [0.25, 0.3) is 5.82 Å². The van der Waals surface area contributed by atoms with Crippen LogP contribution in [0.2, 0.25) is 0 Å². The second kappa shape index (κ2) is 7.72. The fraction of sp³-hybridized carbons (Fsp3) is 0.150. The van der Waals surface area contributed by atoms with Crippen molar-refractivity contribution in [2.24, 2.45) is 0 Å². The number of benzene rings is 1. The van der Waals surface area contributed by atoms with E-state index in [4.69, 9.17) is 10.00 Å². The van der Waals surface area contributed by atoms with Gasteiger partial charge in [-0.3, -0.25) is 4.79 Å². The van der Waals surface area contributed by atoms with Crippen molar-refractivity contribution < 1.29 is 14.3 Å². The summed E-state index contributed by atoms with van der Waals surface area (Å²) in [7, 11) is 1.28. The number of ether oxygens (including phenoxy) is 1. The van der Waals surface area contributed by atoms with Crippen molar-refractivity contribution in [3.63, 3.8) is 0 Å². The maximum absolute atomic E-state index is 12.6. The van der Waals surface area contributed by atoms with Gasteiger partial charge in [0.2, 0.25) is 0 Å². The zero-order chi connectivity index (χ0) is 20.3. The molecule has 0 aliphatic heterocycles. The van der Waals surface area contributed by atoms with Gasteiger partial charge in [-0.05, 0) is 55.3 Å². The van der Waals surface area contributed by atoms with Crippen molar-refractivity contribution in [1.82, 2.24) is 14.8 Å². The summed E-state index contributed by atoms with van der Waals surface area (Å²) in [5, 5.41) is 19.5. The van der Waals surface area contributed by atoms with E-state index in [0.717, 1.165) is 11.1 Å². The summed E-state index contributed by atoms with van der Waals surface area (Å²) >= 11 is 0. The van der Waals surface area contributed by atoms with Crippen molar-refractivity contribution in [2.45, 2.75) is 13.8 Å². The molecule has 8 nitrogen and oxygen atoms in total. The lowest BCUT2D eigenvalue weighted by atomic mass is 10.0. The Balaban J connectivity index is 1.84. The number of hydrogen-bond acceptors (Lipinski definition) is 6. The van der Waals surface area contributed by atoms with E-state index in [1.54, 1.807) is 41.2 Å². The number of aromatic nitrogens is 3. The molecule has 0 atom stereocenters. The maximum Gasteiger partial charge on any atom is 0.339 e. The molecule has 3 aromatic rings. The third-order valence-electron chi connectivity index (χ3n) is 4.26. The van der Waals surface area contributed by atoms with E-state index < -0.39 is 11.9 Å². The van der Waals surface area contributed by atoms with Crippen LogP contribution in [0.3, 0.4) is 0 Å². The Kier molecular flexibility index (Phi) is 5.18. The maximum atomic E-state index is 12.6. The molecule has 0 aliphatic rings. The monoisotopic (exact) mass is 375 g/mol. The summed E-state index contributed by atoms with van der Waals surface area (Å²) in [5.74, 6) is -0.571. The van der Waals surface area contributed by atoms with E-state index in [9.17, 15) is 9.59 Å². The first-order valence-electron chi connectivity index (χ1n) is 8.36. The minimum Gasteiger partial charge on any atom is -0.465 e. The van der Waals surface area contributed by atoms with Gasteiger partial charge in [0.05, 0.1) is 23.9 Å². The number of anilines is 1. The quantitative estimate of drug-likeness (QED) is 0.702. The van der Waals surface area contributed by atoms with Gasteiger partial charge in [-0.2, -0.15) is 5.26 Å². The molecule has 2 heterocycles. The van der Waals surface area contributed by atoms with Crippen LogP contribution in [0.4, 0.5) is 5.69 Å². The lowest BCUT2D eigenvalue weighted by molar-refractivity contribution is 0.0602. The Hall–Kier alpha value is -3.99. The number of methoxy groups -OCH3 is 1. The molecule has 0 fully saturated rings. The van der Waals surface area contributed by atoms with Crippen LogP contribution < -0.4 is 5.32 Å². The number of nitrogens with zero attached hydrogens (tertiary/aromatic N) is 4. The molecule has 0 saturated carbocycles. The number of nitriles is 1. The molecular weight excluding hydrogens is 358 g/mol. The molecule has 0 saturated heterocycles. The molecule has 1 N–H and O–H groups in total. The van der Waals surface area contributed by atoms with Gasteiger partial charge in [0, 0.05) is 12.4 Å². The molecule has 0 aliphatic carbocycles. The van der Waals surface area contributed by atoms with Crippen LogP contribution in [-0.2, 0) is 4.74 Å². The number of rotatable bonds is 4. The Labute approximate surface area is 161 Å². The highest BCUT2D eigenvalue weighted by molar-refractivity contribution is 6.07. The van der Waals surface area contributed by atoms with Crippen molar-refractivity contribution in [2.75, 3.05) is 12.4 Å². The van der Waals surface area contributed by atoms with Gasteiger partial charge in [0.25, 0.3) is 5.91 Å². The number of carbonyl (C=O) groups excluding carboxylic acids is 2. The Morgan fingerprint density at radius 1 is 1.14 bits per heavy atom. The molecule has 0 spiro atoms. The number of amides is 1. The standard InChI is InChI=1S/C20H17N5O3/c1-12-8-15(20(27)28-3)17(9-13(12)2)22-19(26)16-4-5-18(24-23-16)25-7-6-14(10-21)11-25/h4-9,11H,1-3H3,(H,22,26). The fourth-order valence-corrected chi connectivity index (χ4v) is 2.57. The van der Waals surface area contributed by atoms with Gasteiger partial charge in [0.1, 0.15) is 6.07 Å². The zero-order valence-corrected chi connectivity index (χ0v) is 15.6. The highest BCUT2D eigenvalue weighted by Gasteiger charge is 2.17. The number of nitrogens with one attached hydrogen (secondary N) is 1. The first-order valence-corrected chi connectivity index (χ1v) is 8.36. The van der Waals surface area contributed by atoms with Crippen LogP contribution >= 0.6 is 0 Å². The third kappa shape index (κ3) is 3.73. The van der Waals surface area contributed by atoms with Gasteiger partial charge in [-0.15, -0.1) is 10.2 Å². The van der Waals surface area contributed by atoms with Crippen LogP contribution in [0.5, 0.6) is 0 Å². The molecular formula is C20H17N5O3. The minimum atomic E-state index is -0.541. The molecule has 28 heavy (non-hydrogen) atoms. The lowest BCUT2D eigenvalue weighted by Gasteiger charge is -2.12. The van der Waals surface area contributed by atoms with Gasteiger partial charge in [-0.1, -0.05) is 0 Å². The fourth-order valence-electron chi connectivity index (χ4n) is 2.57. The summed E-state index contributed by atoms with van der Waals surface area (Å²) in [6, 6.07) is 10.2. The number of aryl methyl sites for hydroxylation is 2. The van der Waals surface area contributed by atoms with Gasteiger partial charge < -0.3 is 14.6 Å². The van der Waals surface area contributed by atoms with Gasteiger partial charge in [0.15, 0.2) is 11.5 Å². The Morgan fingerprint density at radius 3 is 2.50 bits per heavy atom. The molecule has 8 heteroatoms. The highest BCUT2D eigenvalue weighted by atomic mass is 16.5. The van der Waals surface area contributed by atoms with Crippen molar-refractivity contribution in [3.05, 3.63) is 70.7 Å². The minimum absolute atomic E-state index is 0.0884. The average molecular weight is 375 g/mol. The second-order valence-electron chi connectivity index (χ2n) is 6.12. The van der Waals surface area contributed by atoms with Crippen LogP contribution in [-0.4, -0.2) is 33.8 Å². The summed E-state index contributed by atoms with van der Waals surface area (Å²) in [4.78, 5) is 24.6. The predicted octanol–water partition coefficient (Wildman–Crippen LogP) is 2.79. The molecule has 1 aromatic carbocycles. The van der Waals surface area contributed by atoms with E-state index in [-0.39, 0.29) is 11.3 Å². The van der Waals surface area contributed by atoms with E-state index in [1.807, 2.05) is 19.9 Å². The van der Waals surface area contributed by atoms with Crippen LogP contribution in [0.15, 0.2) is 42.7 Å². The summed E-state index contributed by atoms with van der Waals surface area (Å²) in [6.45, 7) is 3.75. The zero-order valence-electron chi connectivity index (χ0n) is 15.6. The van der Waals surface area contributed by atoms with Gasteiger partial charge >= 0.3 is 5.97 Å². The van der Waals surface area contributed by atoms with E-state index in [0.29, 0.717) is 17.1 Å². The number of carbonyl (C=O) groups is 2. The highest BCUT2D eigenvalue weighted by Crippen LogP contribution is 2.22. The molecule has 0 bridgehead atoms. The normalized spacial score (nSPS) is 10.2. The summed E-state index contributed by atoms with van der Waals surface area (Å²) in [5.41, 5.74) is 3.02. The molecule has 140 valence electrons. The van der Waals surface area contributed by atoms with Crippen molar-refractivity contribution >= 4 is 17.6 Å². The Bertz CT molecular complexity index is 1090. The molecule has 2 aromatic heterocycles. The van der Waals surface area contributed by atoms with E-state index >= 15 is 0 Å². The smallest absolute Gasteiger partial charge is 0.339 e. The largest absolute Gasteiger partial charge is 0.465 e. The lowest BCUT2D eigenvalue weighted by Crippen LogP contribution is -2.18. The Morgan fingerprint density at radius 2 is 1.89 bits per heavy atom. The SMILES string of the molecule is COC(=O)c1cc(C)c(C)cc1NC(=O)c1ccc(-n2ccc(C#N)c2)nn1. The first-order chi connectivity index (χ1) is 13.4. The first kappa shape index (κ1) is 18.8. The predicted molar refractivity (Wildman–Crippen MR) is 101 cm³/mol. The number of hydrogen-bond donors (Lipinski definition) is 1. The molecule has 0 unspecified atom stereocenters. The van der Waals surface area contributed by atoms with E-state index in [2.05, 4.69) is 15.5 Å². The second-order valence-corrected chi connectivity index (χ2v) is 6.12. The van der Waals surface area contributed by atoms with Crippen LogP contribution in [0, 0.1) is 25.2 Å². The summed E-state index contributed by atoms with van der Waals surface area (Å²) < 4.78 is 6.42. The average Bonchev–Trinajstić information content (AvgIpc) is 3.19. The van der Waals surface area contributed by atoms with Crippen molar-refractivity contribution in [3.8, 4) is 11.9 Å². The third-order valence-corrected chi connectivity index (χ3v) is 4.26. The van der Waals surface area contributed by atoms with E-state index in [1.165, 1.54) is 13.2 Å². The van der Waals surface area contributed by atoms with Crippen molar-refractivity contribution in [1.29, 1.82) is 5.26 Å². The topological polar surface area (TPSA) is 110 Å². The molecule has 1 amide bonds.